The third-order valence-electron chi connectivity index (χ3n) is 7.11. The number of nitrogens with one attached hydrogen (secondary N) is 1. The number of nitrogens with zero attached hydrogens (tertiary/aromatic N) is 3. The van der Waals surface area contributed by atoms with Crippen molar-refractivity contribution in [2.24, 2.45) is 0 Å². The SMILES string of the molecule is Cc1cccc(F)c1C(=O)N1CCC2(CCc3c2nc(N2CCOCC2)[nH]c3=O)CC1. The number of benzene rings is 1. The highest BCUT2D eigenvalue weighted by atomic mass is 19.1. The minimum atomic E-state index is -0.472. The van der Waals surface area contributed by atoms with Gasteiger partial charge in [0.2, 0.25) is 5.95 Å². The molecule has 1 spiro atoms. The van der Waals surface area contributed by atoms with Crippen LogP contribution in [0.2, 0.25) is 0 Å². The molecule has 8 heteroatoms. The number of rotatable bonds is 2. The van der Waals surface area contributed by atoms with Crippen LogP contribution in [0.25, 0.3) is 0 Å². The second-order valence-electron chi connectivity index (χ2n) is 8.82. The number of likely N-dealkylation sites (tertiary alicyclic amines) is 1. The number of hydrogen-bond acceptors (Lipinski definition) is 5. The molecule has 1 aliphatic carbocycles. The van der Waals surface area contributed by atoms with Crippen LogP contribution in [0.1, 0.15) is 46.4 Å². The predicted octanol–water partition coefficient (Wildman–Crippen LogP) is 2.17. The van der Waals surface area contributed by atoms with E-state index in [1.165, 1.54) is 6.07 Å². The summed E-state index contributed by atoms with van der Waals surface area (Å²) in [6.45, 7) is 5.49. The van der Waals surface area contributed by atoms with Gasteiger partial charge in [-0.05, 0) is 44.2 Å². The first kappa shape index (κ1) is 20.2. The van der Waals surface area contributed by atoms with Crippen molar-refractivity contribution in [3.63, 3.8) is 0 Å². The van der Waals surface area contributed by atoms with Gasteiger partial charge >= 0.3 is 0 Å². The highest BCUT2D eigenvalue weighted by molar-refractivity contribution is 5.96. The molecule has 7 nitrogen and oxygen atoms in total. The van der Waals surface area contributed by atoms with Gasteiger partial charge in [0.05, 0.1) is 24.5 Å². The molecule has 1 aromatic heterocycles. The standard InChI is InChI=1S/C23H27FN4O3/c1-15-3-2-4-17(24)18(15)21(30)27-9-7-23(8-10-27)6-5-16-19(23)25-22(26-20(16)29)28-11-13-31-14-12-28/h2-4H,5-14H2,1H3,(H,25,26,29). The smallest absolute Gasteiger partial charge is 0.257 e. The van der Waals surface area contributed by atoms with Gasteiger partial charge in [0.25, 0.3) is 11.5 Å². The number of aryl methyl sites for hydroxylation is 1. The van der Waals surface area contributed by atoms with Crippen molar-refractivity contribution in [2.45, 2.75) is 38.0 Å². The first-order chi connectivity index (χ1) is 15.0. The van der Waals surface area contributed by atoms with Gasteiger partial charge in [0.1, 0.15) is 5.82 Å². The third-order valence-corrected chi connectivity index (χ3v) is 7.11. The van der Waals surface area contributed by atoms with Crippen LogP contribution in [0.4, 0.5) is 10.3 Å². The number of anilines is 1. The van der Waals surface area contributed by atoms with Crippen LogP contribution in [0.15, 0.2) is 23.0 Å². The molecule has 1 aromatic carbocycles. The molecule has 0 radical (unpaired) electrons. The Hall–Kier alpha value is -2.74. The van der Waals surface area contributed by atoms with Crippen molar-refractivity contribution in [1.82, 2.24) is 14.9 Å². The average Bonchev–Trinajstić information content (AvgIpc) is 3.13. The lowest BCUT2D eigenvalue weighted by atomic mass is 9.76. The maximum Gasteiger partial charge on any atom is 0.257 e. The van der Waals surface area contributed by atoms with Crippen molar-refractivity contribution >= 4 is 11.9 Å². The van der Waals surface area contributed by atoms with Gasteiger partial charge in [0, 0.05) is 37.2 Å². The lowest BCUT2D eigenvalue weighted by Gasteiger charge is -2.40. The zero-order valence-corrected chi connectivity index (χ0v) is 17.7. The molecule has 2 saturated heterocycles. The van der Waals surface area contributed by atoms with Crippen LogP contribution >= 0.6 is 0 Å². The highest BCUT2D eigenvalue weighted by Gasteiger charge is 2.45. The number of piperidine rings is 1. The van der Waals surface area contributed by atoms with Gasteiger partial charge in [-0.2, -0.15) is 0 Å². The van der Waals surface area contributed by atoms with Crippen LogP contribution in [-0.2, 0) is 16.6 Å². The van der Waals surface area contributed by atoms with Gasteiger partial charge < -0.3 is 14.5 Å². The number of aromatic nitrogens is 2. The third kappa shape index (κ3) is 3.43. The van der Waals surface area contributed by atoms with E-state index in [2.05, 4.69) is 9.88 Å². The normalized spacial score (nSPS) is 20.2. The second kappa shape index (κ2) is 7.75. The number of morpholine rings is 1. The van der Waals surface area contributed by atoms with Crippen molar-refractivity contribution in [3.8, 4) is 0 Å². The summed E-state index contributed by atoms with van der Waals surface area (Å²) in [5, 5.41) is 0. The van der Waals surface area contributed by atoms with E-state index < -0.39 is 5.82 Å². The van der Waals surface area contributed by atoms with Gasteiger partial charge in [0.15, 0.2) is 0 Å². The fraction of sp³-hybridized carbons (Fsp3) is 0.522. The summed E-state index contributed by atoms with van der Waals surface area (Å²) in [6, 6.07) is 4.72. The Morgan fingerprint density at radius 3 is 2.61 bits per heavy atom. The fourth-order valence-corrected chi connectivity index (χ4v) is 5.25. The summed E-state index contributed by atoms with van der Waals surface area (Å²) >= 11 is 0. The molecule has 0 unspecified atom stereocenters. The number of aromatic amines is 1. The molecule has 31 heavy (non-hydrogen) atoms. The van der Waals surface area contributed by atoms with Crippen molar-refractivity contribution in [3.05, 3.63) is 56.8 Å². The van der Waals surface area contributed by atoms with Gasteiger partial charge in [-0.15, -0.1) is 0 Å². The Kier molecular flexibility index (Phi) is 5.04. The summed E-state index contributed by atoms with van der Waals surface area (Å²) in [6.07, 6.45) is 3.05. The molecular formula is C23H27FN4O3. The summed E-state index contributed by atoms with van der Waals surface area (Å²) < 4.78 is 19.7. The van der Waals surface area contributed by atoms with E-state index in [0.717, 1.165) is 30.5 Å². The van der Waals surface area contributed by atoms with E-state index in [0.29, 0.717) is 57.3 Å². The van der Waals surface area contributed by atoms with E-state index in [1.54, 1.807) is 24.0 Å². The molecule has 164 valence electrons. The van der Waals surface area contributed by atoms with Crippen molar-refractivity contribution in [2.75, 3.05) is 44.3 Å². The average molecular weight is 426 g/mol. The second-order valence-corrected chi connectivity index (χ2v) is 8.82. The molecule has 0 atom stereocenters. The zero-order valence-electron chi connectivity index (χ0n) is 17.7. The van der Waals surface area contributed by atoms with Crippen LogP contribution in [0, 0.1) is 12.7 Å². The van der Waals surface area contributed by atoms with E-state index in [-0.39, 0.29) is 22.4 Å². The Labute approximate surface area is 180 Å². The Balaban J connectivity index is 1.39. The lowest BCUT2D eigenvalue weighted by Crippen LogP contribution is -2.45. The fourth-order valence-electron chi connectivity index (χ4n) is 5.25. The first-order valence-electron chi connectivity index (χ1n) is 11.0. The minimum Gasteiger partial charge on any atom is -0.378 e. The maximum absolute atomic E-state index is 14.3. The van der Waals surface area contributed by atoms with E-state index in [1.807, 2.05) is 0 Å². The molecule has 0 bridgehead atoms. The lowest BCUT2D eigenvalue weighted by molar-refractivity contribution is 0.0658. The first-order valence-corrected chi connectivity index (χ1v) is 11.0. The molecular weight excluding hydrogens is 399 g/mol. The Morgan fingerprint density at radius 1 is 1.16 bits per heavy atom. The van der Waals surface area contributed by atoms with Gasteiger partial charge in [-0.1, -0.05) is 12.1 Å². The number of carbonyl (C=O) groups is 1. The van der Waals surface area contributed by atoms with Crippen molar-refractivity contribution < 1.29 is 13.9 Å². The molecule has 1 amide bonds. The van der Waals surface area contributed by atoms with Gasteiger partial charge in [-0.25, -0.2) is 9.37 Å². The van der Waals surface area contributed by atoms with Crippen LogP contribution in [0.3, 0.4) is 0 Å². The monoisotopic (exact) mass is 426 g/mol. The van der Waals surface area contributed by atoms with Crippen LogP contribution in [-0.4, -0.2) is 60.2 Å². The number of H-pyrrole nitrogens is 1. The van der Waals surface area contributed by atoms with Gasteiger partial charge in [-0.3, -0.25) is 14.6 Å². The molecule has 3 aliphatic rings. The summed E-state index contributed by atoms with van der Waals surface area (Å²) in [7, 11) is 0. The summed E-state index contributed by atoms with van der Waals surface area (Å²) in [5.41, 5.74) is 2.25. The highest BCUT2D eigenvalue weighted by Crippen LogP contribution is 2.44. The number of ether oxygens (including phenoxy) is 1. The molecule has 0 saturated carbocycles. The minimum absolute atomic E-state index is 0.0520. The van der Waals surface area contributed by atoms with Crippen LogP contribution in [0.5, 0.6) is 0 Å². The summed E-state index contributed by atoms with van der Waals surface area (Å²) in [4.78, 5) is 37.5. The number of amides is 1. The Bertz CT molecular complexity index is 1050. The van der Waals surface area contributed by atoms with E-state index >= 15 is 0 Å². The number of halogens is 1. The molecule has 1 N–H and O–H groups in total. The van der Waals surface area contributed by atoms with E-state index in [4.69, 9.17) is 9.72 Å². The Morgan fingerprint density at radius 2 is 1.90 bits per heavy atom. The summed E-state index contributed by atoms with van der Waals surface area (Å²) in [5.74, 6) is -0.106. The van der Waals surface area contributed by atoms with Crippen molar-refractivity contribution in [1.29, 1.82) is 0 Å². The maximum atomic E-state index is 14.3. The number of carbonyl (C=O) groups excluding carboxylic acids is 1. The molecule has 2 fully saturated rings. The quantitative estimate of drug-likeness (QED) is 0.796. The zero-order chi connectivity index (χ0) is 21.6. The van der Waals surface area contributed by atoms with Crippen LogP contribution < -0.4 is 10.5 Å². The predicted molar refractivity (Wildman–Crippen MR) is 114 cm³/mol. The topological polar surface area (TPSA) is 78.5 Å². The van der Waals surface area contributed by atoms with E-state index in [9.17, 15) is 14.0 Å². The molecule has 3 heterocycles. The number of fused-ring (bicyclic) bond motifs is 2. The largest absolute Gasteiger partial charge is 0.378 e. The molecule has 2 aliphatic heterocycles. The molecule has 2 aromatic rings. The molecule has 5 rings (SSSR count). The number of hydrogen-bond donors (Lipinski definition) is 1.